The monoisotopic (exact) mass is 439 g/mol. The fourth-order valence-corrected chi connectivity index (χ4v) is 3.20. The molecule has 3 N–H and O–H groups in total. The molecule has 3 aromatic rings. The topological polar surface area (TPSA) is 94.3 Å². The number of pyridine rings is 1. The van der Waals surface area contributed by atoms with Crippen molar-refractivity contribution in [3.8, 4) is 11.1 Å². The first-order chi connectivity index (χ1) is 15.0. The summed E-state index contributed by atoms with van der Waals surface area (Å²) in [7, 11) is 0. The molecule has 8 heteroatoms. The highest BCUT2D eigenvalue weighted by atomic mass is 32.2. The van der Waals surface area contributed by atoms with E-state index in [-0.39, 0.29) is 12.2 Å². The average molecular weight is 440 g/mol. The molecule has 0 saturated heterocycles. The van der Waals surface area contributed by atoms with Gasteiger partial charge in [0.25, 0.3) is 5.91 Å². The summed E-state index contributed by atoms with van der Waals surface area (Å²) in [5.74, 6) is -0.782. The lowest BCUT2D eigenvalue weighted by Crippen LogP contribution is -2.14. The van der Waals surface area contributed by atoms with Gasteiger partial charge in [-0.15, -0.1) is 0 Å². The quantitative estimate of drug-likeness (QED) is 0.405. The van der Waals surface area contributed by atoms with Gasteiger partial charge in [-0.05, 0) is 53.3 Å². The molecule has 0 aliphatic rings. The van der Waals surface area contributed by atoms with Crippen molar-refractivity contribution in [2.75, 3.05) is 23.9 Å². The number of esters is 1. The number of aromatic nitrogens is 1. The second kappa shape index (κ2) is 10.7. The molecule has 31 heavy (non-hydrogen) atoms. The van der Waals surface area contributed by atoms with Crippen LogP contribution in [-0.4, -0.2) is 35.5 Å². The van der Waals surface area contributed by atoms with Crippen LogP contribution in [0.4, 0.5) is 10.1 Å². The highest BCUT2D eigenvalue weighted by Crippen LogP contribution is 2.27. The summed E-state index contributed by atoms with van der Waals surface area (Å²) < 4.78 is 19.1. The van der Waals surface area contributed by atoms with Gasteiger partial charge in [-0.3, -0.25) is 9.78 Å². The van der Waals surface area contributed by atoms with E-state index in [4.69, 9.17) is 10.5 Å². The van der Waals surface area contributed by atoms with Crippen LogP contribution in [0, 0.1) is 5.82 Å². The Morgan fingerprint density at radius 3 is 2.74 bits per heavy atom. The van der Waals surface area contributed by atoms with Gasteiger partial charge in [0, 0.05) is 24.1 Å². The summed E-state index contributed by atoms with van der Waals surface area (Å²) in [6.45, 7) is 0.581. The minimum absolute atomic E-state index is 0.0411. The zero-order chi connectivity index (χ0) is 22.2. The number of nitrogens with zero attached hydrogens (tertiary/aromatic N) is 1. The molecule has 1 heterocycles. The van der Waals surface area contributed by atoms with Gasteiger partial charge in [-0.2, -0.15) is 11.8 Å². The first-order valence-electron chi connectivity index (χ1n) is 9.54. The minimum atomic E-state index is -0.623. The van der Waals surface area contributed by atoms with Crippen LogP contribution in [0.2, 0.25) is 0 Å². The molecule has 6 nitrogen and oxygen atoms in total. The maximum absolute atomic E-state index is 13.8. The van der Waals surface area contributed by atoms with E-state index in [0.717, 1.165) is 23.1 Å². The summed E-state index contributed by atoms with van der Waals surface area (Å²) in [5, 5.41) is 2.54. The zero-order valence-electron chi connectivity index (χ0n) is 16.9. The Morgan fingerprint density at radius 1 is 1.16 bits per heavy atom. The Kier molecular flexibility index (Phi) is 7.75. The first kappa shape index (κ1) is 22.5. The normalized spacial score (nSPS) is 10.5. The fraction of sp³-hybridized carbons (Fsp3) is 0.174. The minimum Gasteiger partial charge on any atom is -0.461 e. The number of amides is 1. The van der Waals surface area contributed by atoms with Crippen LogP contribution in [0.15, 0.2) is 60.9 Å². The number of hydrogen-bond acceptors (Lipinski definition) is 6. The van der Waals surface area contributed by atoms with Crippen LogP contribution >= 0.6 is 11.8 Å². The summed E-state index contributed by atoms with van der Waals surface area (Å²) in [4.78, 5) is 28.6. The molecular weight excluding hydrogens is 417 g/mol. The molecule has 0 saturated carbocycles. The van der Waals surface area contributed by atoms with Crippen molar-refractivity contribution in [3.05, 3.63) is 83.4 Å². The molecule has 0 radical (unpaired) electrons. The molecule has 0 aliphatic carbocycles. The standard InChI is InChI=1S/C23H22FN3O3S/c1-31-10-9-30-23(29)17-4-2-3-15(11-17)19-12-16(5-6-18(19)13-25)22(28)27-21-7-8-26-14-20(21)24/h2-8,11-12,14H,9-10,13,25H2,1H3,(H,26,27,28). The van der Waals surface area contributed by atoms with Crippen LogP contribution < -0.4 is 11.1 Å². The van der Waals surface area contributed by atoms with E-state index in [1.54, 1.807) is 48.2 Å². The Morgan fingerprint density at radius 2 is 2.00 bits per heavy atom. The summed E-state index contributed by atoms with van der Waals surface area (Å²) >= 11 is 1.59. The molecule has 0 bridgehead atoms. The van der Waals surface area contributed by atoms with Crippen LogP contribution in [0.3, 0.4) is 0 Å². The maximum Gasteiger partial charge on any atom is 0.338 e. The van der Waals surface area contributed by atoms with Gasteiger partial charge in [0.15, 0.2) is 5.82 Å². The van der Waals surface area contributed by atoms with E-state index in [1.165, 1.54) is 12.3 Å². The van der Waals surface area contributed by atoms with Crippen molar-refractivity contribution in [1.29, 1.82) is 0 Å². The summed E-state index contributed by atoms with van der Waals surface area (Å²) in [6.07, 6.45) is 4.36. The van der Waals surface area contributed by atoms with E-state index in [9.17, 15) is 14.0 Å². The number of halogens is 1. The number of rotatable bonds is 8. The predicted molar refractivity (Wildman–Crippen MR) is 121 cm³/mol. The SMILES string of the molecule is CSCCOC(=O)c1cccc(-c2cc(C(=O)Nc3ccncc3F)ccc2CN)c1. The van der Waals surface area contributed by atoms with Gasteiger partial charge >= 0.3 is 5.97 Å². The number of ether oxygens (including phenoxy) is 1. The van der Waals surface area contributed by atoms with Crippen LogP contribution in [0.1, 0.15) is 26.3 Å². The molecule has 0 aliphatic heterocycles. The summed E-state index contributed by atoms with van der Waals surface area (Å²) in [5.41, 5.74) is 8.91. The lowest BCUT2D eigenvalue weighted by molar-refractivity contribution is 0.0530. The third-order valence-corrected chi connectivity index (χ3v) is 5.12. The van der Waals surface area contributed by atoms with Crippen molar-refractivity contribution in [3.63, 3.8) is 0 Å². The molecule has 1 amide bonds. The second-order valence-corrected chi connectivity index (χ2v) is 7.58. The van der Waals surface area contributed by atoms with E-state index < -0.39 is 17.7 Å². The second-order valence-electron chi connectivity index (χ2n) is 6.60. The van der Waals surface area contributed by atoms with Gasteiger partial charge in [-0.1, -0.05) is 18.2 Å². The van der Waals surface area contributed by atoms with E-state index in [1.807, 2.05) is 12.3 Å². The van der Waals surface area contributed by atoms with Crippen molar-refractivity contribution in [2.45, 2.75) is 6.54 Å². The van der Waals surface area contributed by atoms with Crippen molar-refractivity contribution >= 4 is 29.3 Å². The third kappa shape index (κ3) is 5.68. The number of thioether (sulfide) groups is 1. The van der Waals surface area contributed by atoms with Crippen molar-refractivity contribution in [2.24, 2.45) is 5.73 Å². The number of hydrogen-bond donors (Lipinski definition) is 2. The number of anilines is 1. The van der Waals surface area contributed by atoms with Crippen LogP contribution in [-0.2, 0) is 11.3 Å². The summed E-state index contributed by atoms with van der Waals surface area (Å²) in [6, 6.07) is 13.4. The van der Waals surface area contributed by atoms with E-state index in [2.05, 4.69) is 10.3 Å². The zero-order valence-corrected chi connectivity index (χ0v) is 17.7. The molecule has 160 valence electrons. The third-order valence-electron chi connectivity index (χ3n) is 4.54. The predicted octanol–water partition coefficient (Wildman–Crippen LogP) is 4.12. The number of nitrogens with two attached hydrogens (primary N) is 1. The Hall–Kier alpha value is -3.23. The highest BCUT2D eigenvalue weighted by Gasteiger charge is 2.14. The molecule has 0 spiro atoms. The molecule has 2 aromatic carbocycles. The molecule has 1 aromatic heterocycles. The molecule has 0 fully saturated rings. The van der Waals surface area contributed by atoms with Crippen molar-refractivity contribution < 1.29 is 18.7 Å². The van der Waals surface area contributed by atoms with E-state index in [0.29, 0.717) is 23.3 Å². The largest absolute Gasteiger partial charge is 0.461 e. The average Bonchev–Trinajstić information content (AvgIpc) is 2.80. The van der Waals surface area contributed by atoms with Gasteiger partial charge in [-0.25, -0.2) is 9.18 Å². The van der Waals surface area contributed by atoms with Gasteiger partial charge in [0.1, 0.15) is 6.61 Å². The highest BCUT2D eigenvalue weighted by molar-refractivity contribution is 7.98. The number of nitrogens with one attached hydrogen (secondary N) is 1. The Bertz CT molecular complexity index is 1090. The van der Waals surface area contributed by atoms with Crippen LogP contribution in [0.5, 0.6) is 0 Å². The van der Waals surface area contributed by atoms with Gasteiger partial charge < -0.3 is 15.8 Å². The molecular formula is C23H22FN3O3S. The Balaban J connectivity index is 1.89. The van der Waals surface area contributed by atoms with E-state index >= 15 is 0 Å². The lowest BCUT2D eigenvalue weighted by Gasteiger charge is -2.13. The number of carbonyl (C=O) groups is 2. The Labute approximate surface area is 184 Å². The van der Waals surface area contributed by atoms with Gasteiger partial charge in [0.2, 0.25) is 0 Å². The first-order valence-corrected chi connectivity index (χ1v) is 10.9. The number of carbonyl (C=O) groups excluding carboxylic acids is 2. The molecule has 3 rings (SSSR count). The molecule has 0 atom stereocenters. The smallest absolute Gasteiger partial charge is 0.338 e. The van der Waals surface area contributed by atoms with Gasteiger partial charge in [0.05, 0.1) is 17.4 Å². The van der Waals surface area contributed by atoms with Crippen LogP contribution in [0.25, 0.3) is 11.1 Å². The number of benzene rings is 2. The molecule has 0 unspecified atom stereocenters. The maximum atomic E-state index is 13.8. The lowest BCUT2D eigenvalue weighted by atomic mass is 9.95. The fourth-order valence-electron chi connectivity index (χ4n) is 2.95. The van der Waals surface area contributed by atoms with Crippen molar-refractivity contribution in [1.82, 2.24) is 4.98 Å².